The summed E-state index contributed by atoms with van der Waals surface area (Å²) in [5.41, 5.74) is 3.39. The molecule has 1 atom stereocenters. The van der Waals surface area contributed by atoms with E-state index in [4.69, 9.17) is 9.47 Å². The van der Waals surface area contributed by atoms with Crippen LogP contribution >= 0.6 is 31.9 Å². The number of benzene rings is 3. The van der Waals surface area contributed by atoms with Gasteiger partial charge in [-0.15, -0.1) is 0 Å². The van der Waals surface area contributed by atoms with Gasteiger partial charge in [0.2, 0.25) is 0 Å². The van der Waals surface area contributed by atoms with E-state index in [0.717, 1.165) is 26.5 Å². The van der Waals surface area contributed by atoms with Gasteiger partial charge in [-0.3, -0.25) is 0 Å². The van der Waals surface area contributed by atoms with Crippen LogP contribution in [0.4, 0.5) is 0 Å². The normalized spacial score (nSPS) is 11.7. The molecule has 29 heavy (non-hydrogen) atoms. The van der Waals surface area contributed by atoms with Crippen LogP contribution in [0.25, 0.3) is 11.1 Å². The Morgan fingerprint density at radius 3 is 2.24 bits per heavy atom. The maximum Gasteiger partial charge on any atom is 0.349 e. The van der Waals surface area contributed by atoms with Crippen LogP contribution in [0, 0.1) is 0 Å². The van der Waals surface area contributed by atoms with Gasteiger partial charge in [0.05, 0.1) is 8.95 Å². The molecule has 0 amide bonds. The quantitative estimate of drug-likeness (QED) is 0.242. The molecule has 0 bridgehead atoms. The fraction of sp³-hybridized carbons (Fsp3) is 0.208. The van der Waals surface area contributed by atoms with E-state index in [0.29, 0.717) is 17.4 Å². The fourth-order valence-electron chi connectivity index (χ4n) is 2.86. The Labute approximate surface area is 188 Å². The van der Waals surface area contributed by atoms with Crippen LogP contribution < -0.4 is 9.47 Å². The van der Waals surface area contributed by atoms with Crippen molar-refractivity contribution in [3.05, 3.63) is 81.2 Å². The van der Waals surface area contributed by atoms with Crippen molar-refractivity contribution in [2.45, 2.75) is 26.2 Å². The molecule has 0 spiro atoms. The molecule has 3 nitrogen and oxygen atoms in total. The minimum atomic E-state index is -0.457. The minimum Gasteiger partial charge on any atom is -0.481 e. The Balaban J connectivity index is 1.61. The molecule has 3 rings (SSSR count). The fourth-order valence-corrected chi connectivity index (χ4v) is 3.83. The molecule has 0 saturated carbocycles. The van der Waals surface area contributed by atoms with Crippen LogP contribution in [0.5, 0.6) is 11.5 Å². The lowest BCUT2D eigenvalue weighted by atomic mass is 9.99. The van der Waals surface area contributed by atoms with Crippen LogP contribution in [0.1, 0.15) is 31.7 Å². The van der Waals surface area contributed by atoms with E-state index in [1.165, 1.54) is 5.56 Å². The number of hydrogen-bond donors (Lipinski definition) is 0. The van der Waals surface area contributed by atoms with Gasteiger partial charge in [0.1, 0.15) is 11.5 Å². The van der Waals surface area contributed by atoms with Gasteiger partial charge in [0.15, 0.2) is 6.61 Å². The molecule has 0 radical (unpaired) electrons. The van der Waals surface area contributed by atoms with Gasteiger partial charge in [-0.1, -0.05) is 56.3 Å². The first kappa shape index (κ1) is 21.6. The SMILES string of the molecule is CCC(C)c1ccc(OC(=O)COc2ccc(-c3ccccc3)cc2Br)c(Br)c1. The molecule has 1 unspecified atom stereocenters. The molecule has 0 aromatic heterocycles. The highest BCUT2D eigenvalue weighted by atomic mass is 79.9. The van der Waals surface area contributed by atoms with Crippen LogP contribution in [0.2, 0.25) is 0 Å². The van der Waals surface area contributed by atoms with Crippen molar-refractivity contribution in [2.24, 2.45) is 0 Å². The number of rotatable bonds is 7. The van der Waals surface area contributed by atoms with E-state index in [-0.39, 0.29) is 6.61 Å². The highest BCUT2D eigenvalue weighted by Crippen LogP contribution is 2.32. The first-order valence-electron chi connectivity index (χ1n) is 9.45. The standard InChI is InChI=1S/C24H22Br2O3/c1-3-16(2)18-9-12-23(21(26)13-18)29-24(27)15-28-22-11-10-19(14-20(22)25)17-7-5-4-6-8-17/h4-14,16H,3,15H2,1-2H3. The topological polar surface area (TPSA) is 35.5 Å². The molecule has 0 aliphatic heterocycles. The molecule has 3 aromatic carbocycles. The van der Waals surface area contributed by atoms with Crippen molar-refractivity contribution in [1.29, 1.82) is 0 Å². The molecule has 0 aliphatic rings. The number of hydrogen-bond acceptors (Lipinski definition) is 3. The van der Waals surface area contributed by atoms with Crippen LogP contribution in [-0.2, 0) is 4.79 Å². The second kappa shape index (κ2) is 10.1. The monoisotopic (exact) mass is 516 g/mol. The molecule has 0 heterocycles. The number of esters is 1. The third kappa shape index (κ3) is 5.71. The zero-order valence-corrected chi connectivity index (χ0v) is 19.5. The average molecular weight is 518 g/mol. The third-order valence-corrected chi connectivity index (χ3v) is 5.99. The van der Waals surface area contributed by atoms with Crippen molar-refractivity contribution in [3.8, 4) is 22.6 Å². The summed E-state index contributed by atoms with van der Waals surface area (Å²) >= 11 is 7.00. The predicted molar refractivity (Wildman–Crippen MR) is 124 cm³/mol. The summed E-state index contributed by atoms with van der Waals surface area (Å²) in [6.07, 6.45) is 1.05. The van der Waals surface area contributed by atoms with E-state index in [9.17, 15) is 4.79 Å². The number of carbonyl (C=O) groups is 1. The van der Waals surface area contributed by atoms with Gasteiger partial charge in [-0.2, -0.15) is 0 Å². The van der Waals surface area contributed by atoms with Crippen molar-refractivity contribution in [2.75, 3.05) is 6.61 Å². The van der Waals surface area contributed by atoms with Crippen molar-refractivity contribution < 1.29 is 14.3 Å². The Kier molecular flexibility index (Phi) is 7.51. The molecule has 0 aliphatic carbocycles. The zero-order valence-electron chi connectivity index (χ0n) is 16.3. The lowest BCUT2D eigenvalue weighted by Gasteiger charge is -2.13. The largest absolute Gasteiger partial charge is 0.481 e. The summed E-state index contributed by atoms with van der Waals surface area (Å²) < 4.78 is 12.6. The van der Waals surface area contributed by atoms with Gasteiger partial charge in [-0.25, -0.2) is 4.79 Å². The zero-order chi connectivity index (χ0) is 20.8. The maximum atomic E-state index is 12.2. The Morgan fingerprint density at radius 2 is 1.59 bits per heavy atom. The summed E-state index contributed by atoms with van der Waals surface area (Å²) in [5, 5.41) is 0. The van der Waals surface area contributed by atoms with E-state index in [1.807, 2.05) is 66.7 Å². The summed E-state index contributed by atoms with van der Waals surface area (Å²) in [6, 6.07) is 21.6. The van der Waals surface area contributed by atoms with Crippen LogP contribution in [0.15, 0.2) is 75.7 Å². The summed E-state index contributed by atoms with van der Waals surface area (Å²) in [7, 11) is 0. The lowest BCUT2D eigenvalue weighted by molar-refractivity contribution is -0.136. The molecular weight excluding hydrogens is 496 g/mol. The molecule has 150 valence electrons. The van der Waals surface area contributed by atoms with E-state index in [1.54, 1.807) is 0 Å². The third-order valence-electron chi connectivity index (χ3n) is 4.75. The first-order valence-corrected chi connectivity index (χ1v) is 11.0. The van der Waals surface area contributed by atoms with Gasteiger partial charge in [0.25, 0.3) is 0 Å². The molecule has 0 saturated heterocycles. The Bertz CT molecular complexity index is 987. The molecule has 0 N–H and O–H groups in total. The maximum absolute atomic E-state index is 12.2. The van der Waals surface area contributed by atoms with E-state index < -0.39 is 5.97 Å². The highest BCUT2D eigenvalue weighted by Gasteiger charge is 2.13. The van der Waals surface area contributed by atoms with E-state index in [2.05, 4.69) is 45.7 Å². The summed E-state index contributed by atoms with van der Waals surface area (Å²) in [4.78, 5) is 12.2. The Morgan fingerprint density at radius 1 is 0.897 bits per heavy atom. The minimum absolute atomic E-state index is 0.178. The average Bonchev–Trinajstić information content (AvgIpc) is 2.74. The van der Waals surface area contributed by atoms with Crippen molar-refractivity contribution >= 4 is 37.8 Å². The first-order chi connectivity index (χ1) is 14.0. The molecule has 5 heteroatoms. The summed E-state index contributed by atoms with van der Waals surface area (Å²) in [5.74, 6) is 1.08. The van der Waals surface area contributed by atoms with Crippen LogP contribution in [-0.4, -0.2) is 12.6 Å². The van der Waals surface area contributed by atoms with Crippen molar-refractivity contribution in [3.63, 3.8) is 0 Å². The second-order valence-electron chi connectivity index (χ2n) is 6.77. The highest BCUT2D eigenvalue weighted by molar-refractivity contribution is 9.10. The lowest BCUT2D eigenvalue weighted by Crippen LogP contribution is -2.18. The van der Waals surface area contributed by atoms with Gasteiger partial charge >= 0.3 is 5.97 Å². The van der Waals surface area contributed by atoms with Gasteiger partial charge in [0, 0.05) is 0 Å². The number of carbonyl (C=O) groups excluding carboxylic acids is 1. The van der Waals surface area contributed by atoms with Crippen molar-refractivity contribution in [1.82, 2.24) is 0 Å². The summed E-state index contributed by atoms with van der Waals surface area (Å²) in [6.45, 7) is 4.14. The van der Waals surface area contributed by atoms with Gasteiger partial charge in [-0.05, 0) is 85.2 Å². The van der Waals surface area contributed by atoms with E-state index >= 15 is 0 Å². The smallest absolute Gasteiger partial charge is 0.349 e. The van der Waals surface area contributed by atoms with Gasteiger partial charge < -0.3 is 9.47 Å². The second-order valence-corrected chi connectivity index (χ2v) is 8.48. The molecular formula is C24H22Br2O3. The Hall–Kier alpha value is -2.11. The number of ether oxygens (including phenoxy) is 2. The predicted octanol–water partition coefficient (Wildman–Crippen LogP) is 7.38. The van der Waals surface area contributed by atoms with Crippen LogP contribution in [0.3, 0.4) is 0 Å². The number of halogens is 2. The molecule has 3 aromatic rings. The molecule has 0 fully saturated rings.